The molecule has 2 aromatic heterocycles. The number of imidazole rings is 1. The summed E-state index contributed by atoms with van der Waals surface area (Å²) >= 11 is 0. The summed E-state index contributed by atoms with van der Waals surface area (Å²) in [6.45, 7) is 5.56. The van der Waals surface area contributed by atoms with Gasteiger partial charge >= 0.3 is 0 Å². The Kier molecular flexibility index (Phi) is 7.19. The third-order valence-corrected chi connectivity index (χ3v) is 5.02. The number of nitrogens with zero attached hydrogens (tertiary/aromatic N) is 3. The third kappa shape index (κ3) is 4.53. The second-order valence-electron chi connectivity index (χ2n) is 7.66. The number of hydrogen-bond acceptors (Lipinski definition) is 8. The van der Waals surface area contributed by atoms with Gasteiger partial charge in [-0.05, 0) is 6.42 Å². The first-order valence-electron chi connectivity index (χ1n) is 10.2. The predicted molar refractivity (Wildman–Crippen MR) is 108 cm³/mol. The average molecular weight is 423 g/mol. The van der Waals surface area contributed by atoms with E-state index >= 15 is 0 Å². The molecule has 2 aromatic rings. The highest BCUT2D eigenvalue weighted by atomic mass is 16.6. The smallest absolute Gasteiger partial charge is 0.280 e. The Morgan fingerprint density at radius 2 is 2.20 bits per heavy atom. The van der Waals surface area contributed by atoms with Crippen LogP contribution in [0.25, 0.3) is 11.2 Å². The largest absolute Gasteiger partial charge is 0.394 e. The minimum atomic E-state index is -1.05. The van der Waals surface area contributed by atoms with E-state index in [0.717, 1.165) is 19.3 Å². The number of fused-ring (bicyclic) bond motifs is 1. The fourth-order valence-corrected chi connectivity index (χ4v) is 3.28. The maximum Gasteiger partial charge on any atom is 0.280 e. The van der Waals surface area contributed by atoms with E-state index in [9.17, 15) is 19.8 Å². The number of anilines is 1. The van der Waals surface area contributed by atoms with Gasteiger partial charge in [-0.1, -0.05) is 33.6 Å². The molecule has 0 unspecified atom stereocenters. The molecular weight excluding hydrogens is 394 g/mol. The van der Waals surface area contributed by atoms with Crippen molar-refractivity contribution in [2.24, 2.45) is 5.92 Å². The van der Waals surface area contributed by atoms with Gasteiger partial charge in [0.1, 0.15) is 18.3 Å². The van der Waals surface area contributed by atoms with Crippen molar-refractivity contribution in [1.82, 2.24) is 19.5 Å². The summed E-state index contributed by atoms with van der Waals surface area (Å²) in [5.41, 5.74) is -0.279. The number of nitrogens with one attached hydrogen (secondary N) is 2. The first-order chi connectivity index (χ1) is 14.4. The number of aromatic nitrogens is 4. The number of carbonyl (C=O) groups is 1. The molecule has 1 amide bonds. The molecule has 0 saturated carbocycles. The SMILES string of the molecule is CCCCCO[C@@H]1[C@H](O)[C@@H](CO)O[C@H]1n1cnc2c(=O)[nH]c(NC(=O)C(C)C)nc21. The first kappa shape index (κ1) is 22.3. The lowest BCUT2D eigenvalue weighted by molar-refractivity contribution is -0.118. The number of unbranched alkanes of at least 4 members (excludes halogenated alkanes) is 2. The zero-order valence-corrected chi connectivity index (χ0v) is 17.4. The first-order valence-corrected chi connectivity index (χ1v) is 10.2. The number of aromatic amines is 1. The molecule has 1 fully saturated rings. The molecule has 1 aliphatic rings. The third-order valence-electron chi connectivity index (χ3n) is 5.02. The summed E-state index contributed by atoms with van der Waals surface area (Å²) in [7, 11) is 0. The Hall–Kier alpha value is -2.34. The summed E-state index contributed by atoms with van der Waals surface area (Å²) in [5, 5.41) is 22.7. The van der Waals surface area contributed by atoms with Crippen molar-refractivity contribution in [3.05, 3.63) is 16.7 Å². The van der Waals surface area contributed by atoms with Gasteiger partial charge < -0.3 is 19.7 Å². The number of aliphatic hydroxyl groups is 2. The molecule has 11 heteroatoms. The van der Waals surface area contributed by atoms with Gasteiger partial charge in [-0.25, -0.2) is 4.98 Å². The lowest BCUT2D eigenvalue weighted by Gasteiger charge is -2.22. The van der Waals surface area contributed by atoms with Crippen LogP contribution in [0.4, 0.5) is 5.95 Å². The van der Waals surface area contributed by atoms with E-state index < -0.39 is 30.1 Å². The zero-order chi connectivity index (χ0) is 21.8. The number of rotatable bonds is 9. The van der Waals surface area contributed by atoms with Crippen molar-refractivity contribution in [1.29, 1.82) is 0 Å². The van der Waals surface area contributed by atoms with Gasteiger partial charge in [0, 0.05) is 12.5 Å². The van der Waals surface area contributed by atoms with E-state index in [1.54, 1.807) is 13.8 Å². The van der Waals surface area contributed by atoms with Gasteiger partial charge in [0.05, 0.1) is 12.9 Å². The summed E-state index contributed by atoms with van der Waals surface area (Å²) < 4.78 is 13.2. The van der Waals surface area contributed by atoms with Crippen LogP contribution in [0.3, 0.4) is 0 Å². The van der Waals surface area contributed by atoms with Crippen molar-refractivity contribution >= 4 is 23.0 Å². The van der Waals surface area contributed by atoms with E-state index in [1.807, 2.05) is 0 Å². The van der Waals surface area contributed by atoms with Gasteiger partial charge in [0.15, 0.2) is 17.4 Å². The Morgan fingerprint density at radius 3 is 2.87 bits per heavy atom. The van der Waals surface area contributed by atoms with Crippen LogP contribution in [0.5, 0.6) is 0 Å². The molecule has 4 N–H and O–H groups in total. The fraction of sp³-hybridized carbons (Fsp3) is 0.684. The van der Waals surface area contributed by atoms with E-state index in [4.69, 9.17) is 9.47 Å². The van der Waals surface area contributed by atoms with E-state index in [1.165, 1.54) is 10.9 Å². The summed E-state index contributed by atoms with van der Waals surface area (Å²) in [5.74, 6) is -0.602. The van der Waals surface area contributed by atoms with Crippen LogP contribution >= 0.6 is 0 Å². The second-order valence-corrected chi connectivity index (χ2v) is 7.66. The molecule has 0 aromatic carbocycles. The number of carbonyl (C=O) groups excluding carboxylic acids is 1. The van der Waals surface area contributed by atoms with Crippen LogP contribution in [0.2, 0.25) is 0 Å². The Bertz CT molecular complexity index is 926. The molecule has 166 valence electrons. The number of hydrogen-bond donors (Lipinski definition) is 4. The molecule has 0 radical (unpaired) electrons. The lowest BCUT2D eigenvalue weighted by atomic mass is 10.1. The van der Waals surface area contributed by atoms with Gasteiger partial charge in [-0.15, -0.1) is 0 Å². The normalized spacial score (nSPS) is 24.1. The van der Waals surface area contributed by atoms with Crippen molar-refractivity contribution in [3.63, 3.8) is 0 Å². The van der Waals surface area contributed by atoms with Gasteiger partial charge in [-0.2, -0.15) is 4.98 Å². The van der Waals surface area contributed by atoms with Crippen LogP contribution in [0.1, 0.15) is 46.3 Å². The Balaban J connectivity index is 1.93. The van der Waals surface area contributed by atoms with Crippen molar-refractivity contribution in [2.75, 3.05) is 18.5 Å². The fourth-order valence-electron chi connectivity index (χ4n) is 3.28. The average Bonchev–Trinajstić information content (AvgIpc) is 3.26. The monoisotopic (exact) mass is 423 g/mol. The number of ether oxygens (including phenoxy) is 2. The van der Waals surface area contributed by atoms with Crippen LogP contribution in [0, 0.1) is 5.92 Å². The Labute approximate surface area is 173 Å². The second kappa shape index (κ2) is 9.65. The van der Waals surface area contributed by atoms with Gasteiger partial charge in [0.2, 0.25) is 11.9 Å². The van der Waals surface area contributed by atoms with Crippen LogP contribution < -0.4 is 10.9 Å². The van der Waals surface area contributed by atoms with Crippen molar-refractivity contribution in [2.45, 2.75) is 64.6 Å². The lowest BCUT2D eigenvalue weighted by Crippen LogP contribution is -2.35. The van der Waals surface area contributed by atoms with E-state index in [0.29, 0.717) is 6.61 Å². The Morgan fingerprint density at radius 1 is 1.43 bits per heavy atom. The maximum atomic E-state index is 12.4. The zero-order valence-electron chi connectivity index (χ0n) is 17.4. The van der Waals surface area contributed by atoms with Crippen LogP contribution in [-0.2, 0) is 14.3 Å². The van der Waals surface area contributed by atoms with Crippen LogP contribution in [0.15, 0.2) is 11.1 Å². The van der Waals surface area contributed by atoms with Crippen molar-refractivity contribution in [3.8, 4) is 0 Å². The highest BCUT2D eigenvalue weighted by Crippen LogP contribution is 2.33. The standard InChI is InChI=1S/C19H29N5O6/c1-4-5-6-7-29-14-13(26)11(8-25)30-18(14)24-9-20-12-15(24)21-19(23-17(12)28)22-16(27)10(2)3/h9-11,13-14,18,25-26H,4-8H2,1-3H3,(H2,21,22,23,27,28)/t11-,13-,14-,18-/m1/s1. The highest BCUT2D eigenvalue weighted by molar-refractivity contribution is 5.91. The molecule has 4 atom stereocenters. The van der Waals surface area contributed by atoms with E-state index in [2.05, 4.69) is 27.2 Å². The molecule has 3 rings (SSSR count). The maximum absolute atomic E-state index is 12.4. The molecule has 30 heavy (non-hydrogen) atoms. The minimum Gasteiger partial charge on any atom is -0.394 e. The predicted octanol–water partition coefficient (Wildman–Crippen LogP) is 0.540. The molecule has 0 bridgehead atoms. The molecule has 3 heterocycles. The summed E-state index contributed by atoms with van der Waals surface area (Å²) in [6, 6.07) is 0. The quantitative estimate of drug-likeness (QED) is 0.427. The highest BCUT2D eigenvalue weighted by Gasteiger charge is 2.45. The summed E-state index contributed by atoms with van der Waals surface area (Å²) in [6.07, 6.45) is 0.705. The van der Waals surface area contributed by atoms with E-state index in [-0.39, 0.29) is 35.5 Å². The van der Waals surface area contributed by atoms with Gasteiger partial charge in [-0.3, -0.25) is 24.5 Å². The molecule has 1 aliphatic heterocycles. The minimum absolute atomic E-state index is 0.00869. The number of H-pyrrole nitrogens is 1. The van der Waals surface area contributed by atoms with Gasteiger partial charge in [0.25, 0.3) is 5.56 Å². The van der Waals surface area contributed by atoms with Crippen molar-refractivity contribution < 1.29 is 24.5 Å². The molecule has 11 nitrogen and oxygen atoms in total. The molecular formula is C19H29N5O6. The molecule has 0 aliphatic carbocycles. The van der Waals surface area contributed by atoms with Crippen LogP contribution in [-0.4, -0.2) is 67.2 Å². The summed E-state index contributed by atoms with van der Waals surface area (Å²) in [4.78, 5) is 35.3. The number of aliphatic hydroxyl groups excluding tert-OH is 2. The topological polar surface area (TPSA) is 152 Å². The number of amides is 1. The molecule has 1 saturated heterocycles. The molecule has 0 spiro atoms.